The van der Waals surface area contributed by atoms with Gasteiger partial charge in [0.25, 0.3) is 0 Å². The van der Waals surface area contributed by atoms with Crippen molar-refractivity contribution >= 4 is 0 Å². The first-order chi connectivity index (χ1) is 9.72. The molecule has 21 heavy (non-hydrogen) atoms. The fraction of sp³-hybridized carbons (Fsp3) is 1.00. The number of rotatable bonds is 12. The van der Waals surface area contributed by atoms with Gasteiger partial charge in [0.15, 0.2) is 0 Å². The van der Waals surface area contributed by atoms with Crippen molar-refractivity contribution in [3.8, 4) is 0 Å². The van der Waals surface area contributed by atoms with E-state index in [1.165, 1.54) is 48.0 Å². The second kappa shape index (κ2) is 11.0. The van der Waals surface area contributed by atoms with Crippen LogP contribution in [0.1, 0.15) is 80.1 Å². The average molecular weight is 370 g/mol. The second-order valence-electron chi connectivity index (χ2n) is 7.96. The molecule has 0 aliphatic rings. The van der Waals surface area contributed by atoms with Crippen molar-refractivity contribution in [2.24, 2.45) is 0 Å². The van der Waals surface area contributed by atoms with Gasteiger partial charge in [-0.3, -0.25) is 0 Å². The van der Waals surface area contributed by atoms with Crippen molar-refractivity contribution < 1.29 is 35.9 Å². The van der Waals surface area contributed by atoms with E-state index in [4.69, 9.17) is 1.90 Å². The molecular weight excluding hydrogens is 328 g/mol. The standard InChI is InChI=1S/2C5H11.2C3H7.2CH3.O.2Ti/c2*1-3-5-4-2;2*1-3-2;;;;;/h2*1,3-5H2,2H3;2*3H,1-2H3;2*1H3;;;. The molecule has 0 unspecified atom stereocenters. The van der Waals surface area contributed by atoms with Gasteiger partial charge >= 0.3 is 144 Å². The summed E-state index contributed by atoms with van der Waals surface area (Å²) in [5, 5.41) is 5.15. The van der Waals surface area contributed by atoms with Crippen LogP contribution in [0.2, 0.25) is 28.4 Å². The van der Waals surface area contributed by atoms with E-state index >= 15 is 0 Å². The van der Waals surface area contributed by atoms with Gasteiger partial charge in [-0.2, -0.15) is 0 Å². The van der Waals surface area contributed by atoms with Gasteiger partial charge in [-0.15, -0.1) is 0 Å². The van der Waals surface area contributed by atoms with Crippen molar-refractivity contribution in [1.82, 2.24) is 0 Å². The summed E-state index contributed by atoms with van der Waals surface area (Å²) in [5.41, 5.74) is 0. The van der Waals surface area contributed by atoms with Crippen LogP contribution in [0.25, 0.3) is 0 Å². The quantitative estimate of drug-likeness (QED) is 0.249. The van der Waals surface area contributed by atoms with Crippen LogP contribution in [0.4, 0.5) is 0 Å². The first-order valence-corrected chi connectivity index (χ1v) is 17.8. The molecular formula is C18H42OTi2. The molecule has 0 atom stereocenters. The SMILES string of the molecule is CCCC[CH2][Ti]([CH3])([CH2]CCCC)[O][Ti]([CH3])([CH](C)C)[CH](C)C. The third kappa shape index (κ3) is 8.16. The van der Waals surface area contributed by atoms with Crippen LogP contribution in [-0.4, -0.2) is 0 Å². The van der Waals surface area contributed by atoms with Gasteiger partial charge in [-0.05, 0) is 0 Å². The van der Waals surface area contributed by atoms with Gasteiger partial charge in [0, 0.05) is 0 Å². The monoisotopic (exact) mass is 370 g/mol. The molecule has 0 spiro atoms. The predicted molar refractivity (Wildman–Crippen MR) is 91.7 cm³/mol. The molecule has 1 nitrogen and oxygen atoms in total. The van der Waals surface area contributed by atoms with Gasteiger partial charge in [0.2, 0.25) is 0 Å². The van der Waals surface area contributed by atoms with Crippen LogP contribution in [0.3, 0.4) is 0 Å². The van der Waals surface area contributed by atoms with Crippen LogP contribution in [0, 0.1) is 0 Å². The molecule has 0 bridgehead atoms. The molecule has 0 saturated heterocycles. The topological polar surface area (TPSA) is 9.23 Å². The van der Waals surface area contributed by atoms with Crippen molar-refractivity contribution in [3.05, 3.63) is 0 Å². The molecule has 0 fully saturated rings. The Labute approximate surface area is 143 Å². The van der Waals surface area contributed by atoms with E-state index in [1.807, 2.05) is 0 Å². The Morgan fingerprint density at radius 1 is 0.714 bits per heavy atom. The number of unbranched alkanes of at least 4 members (excludes halogenated alkanes) is 4. The Hall–Kier alpha value is 1.39. The normalized spacial score (nSPS) is 13.4. The zero-order chi connectivity index (χ0) is 16.5. The van der Waals surface area contributed by atoms with Crippen molar-refractivity contribution in [2.45, 2.75) is 108 Å². The predicted octanol–water partition coefficient (Wildman–Crippen LogP) is 8.11. The zero-order valence-electron chi connectivity index (χ0n) is 16.2. The van der Waals surface area contributed by atoms with Crippen LogP contribution >= 0.6 is 0 Å². The fourth-order valence-corrected chi connectivity index (χ4v) is 22.6. The van der Waals surface area contributed by atoms with E-state index in [-0.39, 0.29) is 0 Å². The summed E-state index contributed by atoms with van der Waals surface area (Å²) < 4.78 is 11.7. The maximum absolute atomic E-state index is 7.22. The van der Waals surface area contributed by atoms with Gasteiger partial charge in [0.1, 0.15) is 0 Å². The summed E-state index contributed by atoms with van der Waals surface area (Å²) in [6, 6.07) is 0. The molecule has 128 valence electrons. The first-order valence-electron chi connectivity index (χ1n) is 9.42. The summed E-state index contributed by atoms with van der Waals surface area (Å²) >= 11 is -4.22. The molecule has 0 rings (SSSR count). The molecule has 0 aliphatic carbocycles. The number of hydrogen-bond acceptors (Lipinski definition) is 1. The Bertz CT molecular complexity index is 246. The van der Waals surface area contributed by atoms with Crippen LogP contribution in [0.5, 0.6) is 0 Å². The van der Waals surface area contributed by atoms with Gasteiger partial charge < -0.3 is 0 Å². The van der Waals surface area contributed by atoms with E-state index in [1.54, 1.807) is 0 Å². The Kier molecular flexibility index (Phi) is 11.8. The van der Waals surface area contributed by atoms with Gasteiger partial charge in [-0.1, -0.05) is 0 Å². The fourth-order valence-electron chi connectivity index (χ4n) is 3.16. The molecule has 0 radical (unpaired) electrons. The maximum atomic E-state index is 7.22. The Morgan fingerprint density at radius 2 is 1.10 bits per heavy atom. The summed E-state index contributed by atoms with van der Waals surface area (Å²) in [4.78, 5) is 0. The van der Waals surface area contributed by atoms with Crippen molar-refractivity contribution in [3.63, 3.8) is 0 Å². The summed E-state index contributed by atoms with van der Waals surface area (Å²) in [5.74, 6) is 0. The molecule has 0 aromatic heterocycles. The van der Waals surface area contributed by atoms with E-state index in [9.17, 15) is 0 Å². The molecule has 0 heterocycles. The first kappa shape index (κ1) is 22.4. The van der Waals surface area contributed by atoms with Crippen LogP contribution in [0.15, 0.2) is 0 Å². The Morgan fingerprint density at radius 3 is 1.38 bits per heavy atom. The van der Waals surface area contributed by atoms with Crippen LogP contribution in [-0.2, 0) is 35.9 Å². The van der Waals surface area contributed by atoms with Crippen LogP contribution < -0.4 is 0 Å². The molecule has 0 N–H and O–H groups in total. The zero-order valence-corrected chi connectivity index (χ0v) is 19.3. The molecule has 3 heteroatoms. The van der Waals surface area contributed by atoms with E-state index in [2.05, 4.69) is 52.0 Å². The van der Waals surface area contributed by atoms with E-state index in [0.29, 0.717) is 0 Å². The number of hydrogen-bond donors (Lipinski definition) is 0. The second-order valence-corrected chi connectivity index (χ2v) is 23.0. The average Bonchev–Trinajstić information content (AvgIpc) is 2.38. The third-order valence-electron chi connectivity index (χ3n) is 5.38. The van der Waals surface area contributed by atoms with Crippen molar-refractivity contribution in [2.75, 3.05) is 0 Å². The molecule has 0 aromatic carbocycles. The van der Waals surface area contributed by atoms with E-state index < -0.39 is 34.0 Å². The molecule has 0 aromatic rings. The Balaban J connectivity index is 4.91. The molecule has 0 saturated carbocycles. The van der Waals surface area contributed by atoms with E-state index in [0.717, 1.165) is 8.45 Å². The molecule has 0 aliphatic heterocycles. The summed E-state index contributed by atoms with van der Waals surface area (Å²) in [6.45, 7) is 14.3. The summed E-state index contributed by atoms with van der Waals surface area (Å²) in [7, 11) is 0. The minimum atomic E-state index is -2.15. The van der Waals surface area contributed by atoms with Gasteiger partial charge in [0.05, 0.1) is 0 Å². The van der Waals surface area contributed by atoms with Crippen molar-refractivity contribution in [1.29, 1.82) is 0 Å². The third-order valence-corrected chi connectivity index (χ3v) is 24.4. The molecule has 0 amide bonds. The van der Waals surface area contributed by atoms with Gasteiger partial charge in [-0.25, -0.2) is 0 Å². The minimum absolute atomic E-state index is 0.785. The summed E-state index contributed by atoms with van der Waals surface area (Å²) in [6.07, 6.45) is 8.28.